The lowest BCUT2D eigenvalue weighted by Gasteiger charge is -2.06. The van der Waals surface area contributed by atoms with Crippen molar-refractivity contribution in [2.45, 2.75) is 19.3 Å². The molecule has 1 amide bonds. The Morgan fingerprint density at radius 1 is 1.04 bits per heavy atom. The first-order valence-corrected chi connectivity index (χ1v) is 8.04. The molecule has 0 bridgehead atoms. The fourth-order valence-electron chi connectivity index (χ4n) is 2.58. The molecule has 0 saturated carbocycles. The van der Waals surface area contributed by atoms with Crippen molar-refractivity contribution in [3.8, 4) is 0 Å². The van der Waals surface area contributed by atoms with Crippen LogP contribution in [0.1, 0.15) is 28.8 Å². The van der Waals surface area contributed by atoms with Gasteiger partial charge in [0.15, 0.2) is 0 Å². The fraction of sp³-hybridized carbons (Fsp3) is 0.211. The van der Waals surface area contributed by atoms with Crippen molar-refractivity contribution in [1.82, 2.24) is 14.7 Å². The number of fused-ring (bicyclic) bond motifs is 1. The number of hydrogen-bond acceptors (Lipinski definition) is 3. The van der Waals surface area contributed by atoms with Gasteiger partial charge in [0.1, 0.15) is 11.2 Å². The average Bonchev–Trinajstić information content (AvgIpc) is 2.62. The van der Waals surface area contributed by atoms with Gasteiger partial charge in [0.2, 0.25) is 0 Å². The Labute approximate surface area is 140 Å². The third-order valence-corrected chi connectivity index (χ3v) is 3.88. The summed E-state index contributed by atoms with van der Waals surface area (Å²) in [7, 11) is 0. The van der Waals surface area contributed by atoms with Crippen LogP contribution in [0.5, 0.6) is 0 Å². The molecular formula is C19H19N3O2. The van der Waals surface area contributed by atoms with Crippen LogP contribution in [0, 0.1) is 0 Å². The number of aryl methyl sites for hydroxylation is 1. The Bertz CT molecular complexity index is 888. The molecule has 0 saturated heterocycles. The molecule has 0 aliphatic carbocycles. The van der Waals surface area contributed by atoms with Crippen LogP contribution in [0.15, 0.2) is 65.7 Å². The summed E-state index contributed by atoms with van der Waals surface area (Å²) in [6, 6.07) is 15.5. The van der Waals surface area contributed by atoms with Crippen LogP contribution >= 0.6 is 0 Å². The molecule has 0 radical (unpaired) electrons. The first kappa shape index (κ1) is 15.9. The lowest BCUT2D eigenvalue weighted by atomic mass is 10.1. The van der Waals surface area contributed by atoms with Crippen LogP contribution in [-0.2, 0) is 6.42 Å². The number of unbranched alkanes of at least 4 members (excludes halogenated alkanes) is 1. The van der Waals surface area contributed by atoms with Crippen LogP contribution in [0.2, 0.25) is 0 Å². The monoisotopic (exact) mass is 321 g/mol. The summed E-state index contributed by atoms with van der Waals surface area (Å²) < 4.78 is 1.38. The van der Waals surface area contributed by atoms with Gasteiger partial charge >= 0.3 is 0 Å². The van der Waals surface area contributed by atoms with Crippen molar-refractivity contribution in [3.05, 3.63) is 82.4 Å². The molecule has 0 unspecified atom stereocenters. The van der Waals surface area contributed by atoms with E-state index < -0.39 is 0 Å². The summed E-state index contributed by atoms with van der Waals surface area (Å²) in [5, 5.41) is 2.80. The lowest BCUT2D eigenvalue weighted by molar-refractivity contribution is 0.0951. The van der Waals surface area contributed by atoms with Gasteiger partial charge in [0.05, 0.1) is 0 Å². The molecule has 0 fully saturated rings. The topological polar surface area (TPSA) is 63.5 Å². The zero-order valence-electron chi connectivity index (χ0n) is 13.3. The Kier molecular flexibility index (Phi) is 5.01. The van der Waals surface area contributed by atoms with Crippen molar-refractivity contribution >= 4 is 11.6 Å². The number of aromatic nitrogens is 2. The summed E-state index contributed by atoms with van der Waals surface area (Å²) in [6.07, 6.45) is 5.79. The highest BCUT2D eigenvalue weighted by Crippen LogP contribution is 2.04. The minimum absolute atomic E-state index is 0.0711. The van der Waals surface area contributed by atoms with Gasteiger partial charge in [-0.1, -0.05) is 36.4 Å². The van der Waals surface area contributed by atoms with Crippen LogP contribution in [0.25, 0.3) is 5.65 Å². The van der Waals surface area contributed by atoms with Gasteiger partial charge in [0, 0.05) is 18.9 Å². The molecule has 5 nitrogen and oxygen atoms in total. The summed E-state index contributed by atoms with van der Waals surface area (Å²) in [4.78, 5) is 28.6. The second-order valence-corrected chi connectivity index (χ2v) is 5.60. The number of carbonyl (C=O) groups is 1. The van der Waals surface area contributed by atoms with Crippen molar-refractivity contribution < 1.29 is 4.79 Å². The molecule has 0 aliphatic heterocycles. The molecule has 2 aromatic heterocycles. The highest BCUT2D eigenvalue weighted by atomic mass is 16.2. The first-order valence-electron chi connectivity index (χ1n) is 8.04. The zero-order chi connectivity index (χ0) is 16.8. The summed E-state index contributed by atoms with van der Waals surface area (Å²) >= 11 is 0. The third kappa shape index (κ3) is 3.68. The smallest absolute Gasteiger partial charge is 0.270 e. The number of hydrogen-bond donors (Lipinski definition) is 1. The molecule has 0 aliphatic rings. The van der Waals surface area contributed by atoms with Crippen molar-refractivity contribution in [3.63, 3.8) is 0 Å². The van der Waals surface area contributed by atoms with Crippen LogP contribution in [0.4, 0.5) is 0 Å². The predicted molar refractivity (Wildman–Crippen MR) is 93.2 cm³/mol. The van der Waals surface area contributed by atoms with E-state index in [9.17, 15) is 9.59 Å². The highest BCUT2D eigenvalue weighted by molar-refractivity contribution is 5.93. The quantitative estimate of drug-likeness (QED) is 0.709. The number of carbonyl (C=O) groups excluding carboxylic acids is 1. The lowest BCUT2D eigenvalue weighted by Crippen LogP contribution is -2.32. The van der Waals surface area contributed by atoms with Gasteiger partial charge in [-0.2, -0.15) is 0 Å². The molecule has 3 rings (SSSR count). The maximum absolute atomic E-state index is 12.3. The molecule has 2 heterocycles. The molecule has 0 atom stereocenters. The van der Waals surface area contributed by atoms with Gasteiger partial charge in [-0.05, 0) is 37.0 Å². The Morgan fingerprint density at radius 3 is 2.67 bits per heavy atom. The second-order valence-electron chi connectivity index (χ2n) is 5.60. The van der Waals surface area contributed by atoms with Crippen LogP contribution < -0.4 is 10.9 Å². The Balaban J connectivity index is 1.54. The van der Waals surface area contributed by atoms with E-state index in [-0.39, 0.29) is 17.0 Å². The molecule has 122 valence electrons. The van der Waals surface area contributed by atoms with Gasteiger partial charge in [-0.15, -0.1) is 0 Å². The van der Waals surface area contributed by atoms with Crippen LogP contribution in [0.3, 0.4) is 0 Å². The summed E-state index contributed by atoms with van der Waals surface area (Å²) in [5.74, 6) is -0.370. The maximum Gasteiger partial charge on any atom is 0.270 e. The second kappa shape index (κ2) is 7.55. The fourth-order valence-corrected chi connectivity index (χ4v) is 2.58. The number of amides is 1. The van der Waals surface area contributed by atoms with E-state index in [0.29, 0.717) is 12.2 Å². The van der Waals surface area contributed by atoms with Gasteiger partial charge in [0.25, 0.3) is 11.5 Å². The molecule has 5 heteroatoms. The number of pyridine rings is 1. The van der Waals surface area contributed by atoms with Crippen LogP contribution in [-0.4, -0.2) is 21.8 Å². The molecule has 3 aromatic rings. The first-order chi connectivity index (χ1) is 11.8. The normalized spacial score (nSPS) is 10.7. The largest absolute Gasteiger partial charge is 0.352 e. The minimum Gasteiger partial charge on any atom is -0.352 e. The predicted octanol–water partition coefficient (Wildman–Crippen LogP) is 2.45. The number of benzene rings is 1. The van der Waals surface area contributed by atoms with E-state index >= 15 is 0 Å². The standard InChI is InChI=1S/C19H19N3O2/c23-18(20-12-6-4-10-15-8-2-1-3-9-15)16-14-21-17-11-5-7-13-22(17)19(16)24/h1-3,5,7-9,11,13-14H,4,6,10,12H2,(H,20,23). The Hall–Kier alpha value is -2.95. The molecule has 24 heavy (non-hydrogen) atoms. The minimum atomic E-state index is -0.370. The molecule has 0 spiro atoms. The van der Waals surface area contributed by atoms with E-state index in [0.717, 1.165) is 19.3 Å². The number of nitrogens with zero attached hydrogens (tertiary/aromatic N) is 2. The SMILES string of the molecule is O=C(NCCCCc1ccccc1)c1cnc2ccccn2c1=O. The molecular weight excluding hydrogens is 302 g/mol. The zero-order valence-corrected chi connectivity index (χ0v) is 13.3. The maximum atomic E-state index is 12.3. The Morgan fingerprint density at radius 2 is 1.83 bits per heavy atom. The van der Waals surface area contributed by atoms with Crippen molar-refractivity contribution in [2.75, 3.05) is 6.54 Å². The number of rotatable bonds is 6. The number of nitrogens with one attached hydrogen (secondary N) is 1. The van der Waals surface area contributed by atoms with E-state index in [4.69, 9.17) is 0 Å². The summed E-state index contributed by atoms with van der Waals surface area (Å²) in [5.41, 5.74) is 1.55. The van der Waals surface area contributed by atoms with Gasteiger partial charge < -0.3 is 5.32 Å². The molecule has 1 N–H and O–H groups in total. The van der Waals surface area contributed by atoms with Gasteiger partial charge in [-0.3, -0.25) is 14.0 Å². The van der Waals surface area contributed by atoms with E-state index in [1.165, 1.54) is 16.2 Å². The highest BCUT2D eigenvalue weighted by Gasteiger charge is 2.12. The van der Waals surface area contributed by atoms with E-state index in [2.05, 4.69) is 22.4 Å². The summed E-state index contributed by atoms with van der Waals surface area (Å²) in [6.45, 7) is 0.544. The van der Waals surface area contributed by atoms with E-state index in [1.807, 2.05) is 18.2 Å². The van der Waals surface area contributed by atoms with E-state index in [1.54, 1.807) is 24.4 Å². The van der Waals surface area contributed by atoms with Crippen molar-refractivity contribution in [1.29, 1.82) is 0 Å². The average molecular weight is 321 g/mol. The van der Waals surface area contributed by atoms with Crippen molar-refractivity contribution in [2.24, 2.45) is 0 Å². The molecule has 1 aromatic carbocycles. The third-order valence-electron chi connectivity index (χ3n) is 3.88. The van der Waals surface area contributed by atoms with Gasteiger partial charge in [-0.25, -0.2) is 4.98 Å².